The number of nitrogens with one attached hydrogen (secondary N) is 1. The van der Waals surface area contributed by atoms with Crippen LogP contribution in [0.3, 0.4) is 0 Å². The summed E-state index contributed by atoms with van der Waals surface area (Å²) in [6.07, 6.45) is -2.38. The van der Waals surface area contributed by atoms with Crippen molar-refractivity contribution in [2.75, 3.05) is 37.7 Å². The molecule has 5 rings (SSSR count). The maximum Gasteiger partial charge on any atom is 0.573 e. The number of carbonyl (C=O) groups excluding carboxylic acids is 3. The highest BCUT2D eigenvalue weighted by molar-refractivity contribution is 7.93. The van der Waals surface area contributed by atoms with Crippen molar-refractivity contribution in [2.24, 2.45) is 0 Å². The zero-order chi connectivity index (χ0) is 31.7. The molecule has 0 spiro atoms. The number of nitrogens with zero attached hydrogens (tertiary/aromatic N) is 3. The minimum atomic E-state index is -4.85. The first-order valence-electron chi connectivity index (χ1n) is 14.0. The molecule has 12 nitrogen and oxygen atoms in total. The van der Waals surface area contributed by atoms with Gasteiger partial charge in [0.25, 0.3) is 11.8 Å². The van der Waals surface area contributed by atoms with Gasteiger partial charge < -0.3 is 14.4 Å². The van der Waals surface area contributed by atoms with E-state index in [0.717, 1.165) is 34.8 Å². The first-order chi connectivity index (χ1) is 20.8. The van der Waals surface area contributed by atoms with E-state index in [1.54, 1.807) is 5.48 Å². The second-order valence-electron chi connectivity index (χ2n) is 10.8. The van der Waals surface area contributed by atoms with Crippen LogP contribution in [0.2, 0.25) is 0 Å². The summed E-state index contributed by atoms with van der Waals surface area (Å²) in [5.74, 6) is -1.56. The average molecular weight is 641 g/mol. The number of hydroxylamine groups is 1. The number of likely N-dealkylation sites (tertiary alicyclic amines) is 1. The Morgan fingerprint density at radius 1 is 1.00 bits per heavy atom. The van der Waals surface area contributed by atoms with E-state index in [0.29, 0.717) is 24.9 Å². The third kappa shape index (κ3) is 6.46. The van der Waals surface area contributed by atoms with Gasteiger partial charge in [-0.2, -0.15) is 0 Å². The van der Waals surface area contributed by atoms with Crippen LogP contribution in [0.4, 0.5) is 23.7 Å². The molecule has 2 heterocycles. The van der Waals surface area contributed by atoms with E-state index >= 15 is 0 Å². The monoisotopic (exact) mass is 640 g/mol. The fourth-order valence-electron chi connectivity index (χ4n) is 5.55. The highest BCUT2D eigenvalue weighted by Crippen LogP contribution is 2.39. The van der Waals surface area contributed by atoms with E-state index in [1.807, 2.05) is 0 Å². The highest BCUT2D eigenvalue weighted by atomic mass is 32.2. The number of amides is 4. The number of alkyl halides is 3. The predicted molar refractivity (Wildman–Crippen MR) is 148 cm³/mol. The Morgan fingerprint density at radius 2 is 1.61 bits per heavy atom. The second kappa shape index (κ2) is 12.2. The van der Waals surface area contributed by atoms with Crippen LogP contribution in [0, 0.1) is 0 Å². The molecule has 2 aliphatic heterocycles. The van der Waals surface area contributed by atoms with Crippen LogP contribution >= 0.6 is 0 Å². The summed E-state index contributed by atoms with van der Waals surface area (Å²) >= 11 is 0. The molecular formula is C28H31F3N4O8S. The average Bonchev–Trinajstić information content (AvgIpc) is 3.80. The number of sulfone groups is 1. The summed E-state index contributed by atoms with van der Waals surface area (Å²) in [6, 6.07) is 9.94. The van der Waals surface area contributed by atoms with Crippen molar-refractivity contribution in [2.45, 2.75) is 54.2 Å². The lowest BCUT2D eigenvalue weighted by Gasteiger charge is -2.39. The molecule has 0 unspecified atom stereocenters. The lowest BCUT2D eigenvalue weighted by Crippen LogP contribution is -2.58. The molecule has 238 valence electrons. The van der Waals surface area contributed by atoms with Crippen molar-refractivity contribution in [1.29, 1.82) is 0 Å². The van der Waals surface area contributed by atoms with E-state index in [-0.39, 0.29) is 49.5 Å². The molecule has 2 aromatic rings. The van der Waals surface area contributed by atoms with Crippen molar-refractivity contribution >= 4 is 33.4 Å². The van der Waals surface area contributed by atoms with Gasteiger partial charge in [0, 0.05) is 31.4 Å². The number of hydrogen-bond acceptors (Lipinski definition) is 9. The van der Waals surface area contributed by atoms with Gasteiger partial charge in [0.15, 0.2) is 14.6 Å². The number of imide groups is 1. The predicted octanol–water partition coefficient (Wildman–Crippen LogP) is 3.10. The van der Waals surface area contributed by atoms with Crippen LogP contribution in [-0.2, 0) is 19.4 Å². The maximum atomic E-state index is 13.6. The van der Waals surface area contributed by atoms with E-state index in [4.69, 9.17) is 4.74 Å². The molecule has 3 aliphatic rings. The van der Waals surface area contributed by atoms with Gasteiger partial charge in [-0.3, -0.25) is 24.6 Å². The molecule has 0 aromatic heterocycles. The number of rotatable bonds is 11. The smallest absolute Gasteiger partial charge is 0.494 e. The number of urea groups is 1. The normalized spacial score (nSPS) is 19.3. The van der Waals surface area contributed by atoms with Gasteiger partial charge in [0.2, 0.25) is 0 Å². The van der Waals surface area contributed by atoms with Crippen molar-refractivity contribution in [3.63, 3.8) is 0 Å². The third-order valence-corrected chi connectivity index (χ3v) is 10.6. The molecule has 1 aliphatic carbocycles. The molecule has 0 bridgehead atoms. The second-order valence-corrected chi connectivity index (χ2v) is 13.1. The SMILES string of the molecule is O=C1CN(c2ccc(OC(F)(F)F)cc2)C(=O)N1CCCOc1ccc(S(=O)(=O)C2(C(=O)NO)CCN(C3CC3)CC2)cc1. The Labute approximate surface area is 251 Å². The van der Waals surface area contributed by atoms with Crippen LogP contribution in [0.15, 0.2) is 53.4 Å². The van der Waals surface area contributed by atoms with Gasteiger partial charge in [-0.05, 0) is 80.6 Å². The van der Waals surface area contributed by atoms with Crippen molar-refractivity contribution in [3.8, 4) is 11.5 Å². The summed E-state index contributed by atoms with van der Waals surface area (Å²) in [7, 11) is -4.17. The number of anilines is 1. The summed E-state index contributed by atoms with van der Waals surface area (Å²) in [6.45, 7) is 0.694. The fourth-order valence-corrected chi connectivity index (χ4v) is 7.51. The van der Waals surface area contributed by atoms with Gasteiger partial charge in [-0.1, -0.05) is 0 Å². The van der Waals surface area contributed by atoms with Crippen LogP contribution in [0.25, 0.3) is 0 Å². The first-order valence-corrected chi connectivity index (χ1v) is 15.5. The zero-order valence-electron chi connectivity index (χ0n) is 23.5. The Balaban J connectivity index is 1.14. The molecule has 2 aromatic carbocycles. The van der Waals surface area contributed by atoms with Gasteiger partial charge in [-0.25, -0.2) is 18.7 Å². The Kier molecular flexibility index (Phi) is 8.77. The third-order valence-electron chi connectivity index (χ3n) is 8.07. The van der Waals surface area contributed by atoms with Crippen LogP contribution in [0.5, 0.6) is 11.5 Å². The highest BCUT2D eigenvalue weighted by Gasteiger charge is 2.54. The molecule has 1 saturated carbocycles. The molecule has 2 N–H and O–H groups in total. The summed E-state index contributed by atoms with van der Waals surface area (Å²) < 4.78 is 72.1. The van der Waals surface area contributed by atoms with Crippen molar-refractivity contribution in [1.82, 2.24) is 15.3 Å². The lowest BCUT2D eigenvalue weighted by atomic mass is 9.94. The number of halogens is 3. The number of ether oxygens (including phenoxy) is 2. The quantitative estimate of drug-likeness (QED) is 0.164. The molecule has 44 heavy (non-hydrogen) atoms. The van der Waals surface area contributed by atoms with Crippen LogP contribution in [0.1, 0.15) is 32.1 Å². The van der Waals surface area contributed by atoms with Crippen molar-refractivity contribution in [3.05, 3.63) is 48.5 Å². The van der Waals surface area contributed by atoms with Gasteiger partial charge in [-0.15, -0.1) is 13.2 Å². The molecule has 0 radical (unpaired) electrons. The van der Waals surface area contributed by atoms with E-state index in [9.17, 15) is 41.2 Å². The standard InChI is InChI=1S/C28H31F3N4O8S/c29-28(30,31)43-22-6-4-20(5-7-22)35-18-24(36)34(26(35)38)14-1-17-42-21-8-10-23(11-9-21)44(40,41)27(25(37)32-39)12-15-33(16-13-27)19-2-3-19/h4-11,19,39H,1-3,12-18H2,(H,32,37). The molecule has 0 atom stereocenters. The molecule has 16 heteroatoms. The number of hydrogen-bond donors (Lipinski definition) is 2. The van der Waals surface area contributed by atoms with Gasteiger partial charge in [0.1, 0.15) is 18.0 Å². The van der Waals surface area contributed by atoms with E-state index in [2.05, 4.69) is 9.64 Å². The minimum Gasteiger partial charge on any atom is -0.494 e. The number of carbonyl (C=O) groups is 3. The first kappa shape index (κ1) is 31.5. The molecular weight excluding hydrogens is 609 g/mol. The largest absolute Gasteiger partial charge is 0.573 e. The summed E-state index contributed by atoms with van der Waals surface area (Å²) in [4.78, 5) is 42.1. The Morgan fingerprint density at radius 3 is 2.18 bits per heavy atom. The van der Waals surface area contributed by atoms with Gasteiger partial charge >= 0.3 is 12.4 Å². The topological polar surface area (TPSA) is 146 Å². The van der Waals surface area contributed by atoms with Gasteiger partial charge in [0.05, 0.1) is 11.5 Å². The fraction of sp³-hybridized carbons (Fsp3) is 0.464. The number of benzene rings is 2. The minimum absolute atomic E-state index is 0.0204. The summed E-state index contributed by atoms with van der Waals surface area (Å²) in [5.41, 5.74) is 1.78. The Bertz CT molecular complexity index is 1490. The summed E-state index contributed by atoms with van der Waals surface area (Å²) in [5, 5.41) is 9.36. The number of piperidine rings is 1. The Hall–Kier alpha value is -3.89. The lowest BCUT2D eigenvalue weighted by molar-refractivity contribution is -0.274. The maximum absolute atomic E-state index is 13.6. The zero-order valence-corrected chi connectivity index (χ0v) is 24.3. The molecule has 3 fully saturated rings. The van der Waals surface area contributed by atoms with Crippen LogP contribution in [-0.4, -0.2) is 91.2 Å². The van der Waals surface area contributed by atoms with Crippen LogP contribution < -0.4 is 19.9 Å². The molecule has 4 amide bonds. The van der Waals surface area contributed by atoms with E-state index in [1.165, 1.54) is 36.4 Å². The molecule has 2 saturated heterocycles. The van der Waals surface area contributed by atoms with Crippen molar-refractivity contribution < 1.29 is 50.7 Å². The van der Waals surface area contributed by atoms with E-state index < -0.39 is 44.5 Å².